The van der Waals surface area contributed by atoms with E-state index < -0.39 is 0 Å². The molecule has 0 aromatic carbocycles. The van der Waals surface area contributed by atoms with E-state index in [9.17, 15) is 0 Å². The molecule has 17 heavy (non-hydrogen) atoms. The van der Waals surface area contributed by atoms with Gasteiger partial charge >= 0.3 is 0 Å². The Labute approximate surface area is 101 Å². The van der Waals surface area contributed by atoms with Crippen molar-refractivity contribution >= 4 is 5.96 Å². The highest BCUT2D eigenvalue weighted by Crippen LogP contribution is 2.38. The molecule has 1 unspecified atom stereocenters. The summed E-state index contributed by atoms with van der Waals surface area (Å²) in [6, 6.07) is 0.857. The summed E-state index contributed by atoms with van der Waals surface area (Å²) in [7, 11) is 0. The molecule has 2 aliphatic rings. The first kappa shape index (κ1) is 10.4. The van der Waals surface area contributed by atoms with E-state index in [0.29, 0.717) is 12.0 Å². The minimum atomic E-state index is 0.219. The van der Waals surface area contributed by atoms with Crippen molar-refractivity contribution in [3.05, 3.63) is 30.9 Å². The molecule has 1 atom stereocenters. The van der Waals surface area contributed by atoms with Crippen LogP contribution in [0.2, 0.25) is 0 Å². The average molecular weight is 231 g/mol. The van der Waals surface area contributed by atoms with Gasteiger partial charge in [0.2, 0.25) is 0 Å². The van der Waals surface area contributed by atoms with Gasteiger partial charge in [-0.25, -0.2) is 4.98 Å². The largest absolute Gasteiger partial charge is 0.370 e. The molecule has 0 amide bonds. The van der Waals surface area contributed by atoms with E-state index in [0.717, 1.165) is 13.1 Å². The third-order valence-corrected chi connectivity index (χ3v) is 3.40. The van der Waals surface area contributed by atoms with Crippen LogP contribution in [0.25, 0.3) is 0 Å². The maximum absolute atomic E-state index is 5.90. The molecule has 1 aromatic rings. The van der Waals surface area contributed by atoms with Crippen molar-refractivity contribution in [3.8, 4) is 0 Å². The highest BCUT2D eigenvalue weighted by Gasteiger charge is 2.33. The lowest BCUT2D eigenvalue weighted by Crippen LogP contribution is -2.36. The van der Waals surface area contributed by atoms with Crippen LogP contribution in [-0.2, 0) is 0 Å². The maximum Gasteiger partial charge on any atom is 0.192 e. The summed E-state index contributed by atoms with van der Waals surface area (Å²) < 4.78 is 2.27. The smallest absolute Gasteiger partial charge is 0.192 e. The minimum absolute atomic E-state index is 0.219. The number of nitrogens with two attached hydrogens (primary N) is 1. The molecule has 1 saturated carbocycles. The first-order valence-electron chi connectivity index (χ1n) is 6.00. The van der Waals surface area contributed by atoms with Gasteiger partial charge in [-0.1, -0.05) is 6.08 Å². The molecule has 1 aliphatic carbocycles. The molecule has 2 N–H and O–H groups in total. The number of rotatable bonds is 4. The Kier molecular flexibility index (Phi) is 2.39. The Hall–Kier alpha value is -1.78. The number of aliphatic imine (C=N–C) groups is 1. The molecule has 90 valence electrons. The predicted octanol–water partition coefficient (Wildman–Crippen LogP) is 1.08. The van der Waals surface area contributed by atoms with Crippen LogP contribution in [0, 0.1) is 0 Å². The highest BCUT2D eigenvalue weighted by molar-refractivity contribution is 5.80. The lowest BCUT2D eigenvalue weighted by molar-refractivity contribution is 0.362. The van der Waals surface area contributed by atoms with Gasteiger partial charge in [0.05, 0.1) is 30.8 Å². The molecule has 0 saturated heterocycles. The van der Waals surface area contributed by atoms with Crippen molar-refractivity contribution in [3.63, 3.8) is 0 Å². The zero-order valence-electron chi connectivity index (χ0n) is 9.79. The molecule has 1 aliphatic heterocycles. The van der Waals surface area contributed by atoms with E-state index in [1.54, 1.807) is 0 Å². The fourth-order valence-corrected chi connectivity index (χ4v) is 2.37. The van der Waals surface area contributed by atoms with Gasteiger partial charge in [-0.05, 0) is 12.8 Å². The Morgan fingerprint density at radius 2 is 2.35 bits per heavy atom. The molecule has 1 aromatic heterocycles. The van der Waals surface area contributed by atoms with Gasteiger partial charge in [-0.15, -0.1) is 6.58 Å². The van der Waals surface area contributed by atoms with Gasteiger partial charge < -0.3 is 15.2 Å². The highest BCUT2D eigenvalue weighted by atomic mass is 15.3. The molecule has 3 rings (SSSR count). The average Bonchev–Trinajstić information content (AvgIpc) is 2.95. The number of imidazole rings is 1. The molecule has 5 heteroatoms. The minimum Gasteiger partial charge on any atom is -0.370 e. The van der Waals surface area contributed by atoms with E-state index in [1.807, 2.05) is 18.6 Å². The van der Waals surface area contributed by atoms with Gasteiger partial charge in [0.15, 0.2) is 5.96 Å². The third kappa shape index (κ3) is 1.71. The number of nitrogens with zero attached hydrogens (tertiary/aromatic N) is 4. The normalized spacial score (nSPS) is 23.9. The summed E-state index contributed by atoms with van der Waals surface area (Å²) >= 11 is 0. The molecular formula is C12H17N5. The second-order valence-corrected chi connectivity index (χ2v) is 4.61. The van der Waals surface area contributed by atoms with Crippen molar-refractivity contribution in [2.75, 3.05) is 13.1 Å². The first-order chi connectivity index (χ1) is 8.31. The van der Waals surface area contributed by atoms with Crippen LogP contribution < -0.4 is 5.73 Å². The third-order valence-electron chi connectivity index (χ3n) is 3.40. The van der Waals surface area contributed by atoms with Crippen molar-refractivity contribution in [2.45, 2.75) is 24.9 Å². The van der Waals surface area contributed by atoms with Crippen LogP contribution in [0.15, 0.2) is 30.2 Å². The summed E-state index contributed by atoms with van der Waals surface area (Å²) in [6.45, 7) is 5.22. The van der Waals surface area contributed by atoms with E-state index >= 15 is 0 Å². The summed E-state index contributed by atoms with van der Waals surface area (Å²) in [6.07, 6.45) is 8.24. The Morgan fingerprint density at radius 3 is 3.06 bits per heavy atom. The van der Waals surface area contributed by atoms with E-state index in [2.05, 4.69) is 26.0 Å². The van der Waals surface area contributed by atoms with Crippen LogP contribution >= 0.6 is 0 Å². The number of hydrogen-bond acceptors (Lipinski definition) is 4. The van der Waals surface area contributed by atoms with Crippen molar-refractivity contribution in [1.82, 2.24) is 14.5 Å². The van der Waals surface area contributed by atoms with Gasteiger partial charge in [-0.2, -0.15) is 0 Å². The lowest BCUT2D eigenvalue weighted by atomic mass is 10.2. The Bertz CT molecular complexity index is 457. The summed E-state index contributed by atoms with van der Waals surface area (Å²) in [5, 5.41) is 0. The van der Waals surface area contributed by atoms with E-state index in [1.165, 1.54) is 18.5 Å². The van der Waals surface area contributed by atoms with Gasteiger partial charge in [0.25, 0.3) is 0 Å². The van der Waals surface area contributed by atoms with Crippen LogP contribution in [0.3, 0.4) is 0 Å². The Morgan fingerprint density at radius 1 is 1.53 bits per heavy atom. The molecule has 0 radical (unpaired) electrons. The van der Waals surface area contributed by atoms with Gasteiger partial charge in [0.1, 0.15) is 0 Å². The zero-order valence-corrected chi connectivity index (χ0v) is 9.79. The SMILES string of the molecule is C=CCN1C(N)=NCC1c1cncn1C1CC1. The first-order valence-corrected chi connectivity index (χ1v) is 6.00. The van der Waals surface area contributed by atoms with E-state index in [-0.39, 0.29) is 6.04 Å². The fraction of sp³-hybridized carbons (Fsp3) is 0.500. The van der Waals surface area contributed by atoms with Crippen LogP contribution in [0.1, 0.15) is 30.6 Å². The predicted molar refractivity (Wildman–Crippen MR) is 66.6 cm³/mol. The van der Waals surface area contributed by atoms with Crippen LogP contribution in [0.4, 0.5) is 0 Å². The monoisotopic (exact) mass is 231 g/mol. The summed E-state index contributed by atoms with van der Waals surface area (Å²) in [5.74, 6) is 0.610. The van der Waals surface area contributed by atoms with Crippen LogP contribution in [0.5, 0.6) is 0 Å². The summed E-state index contributed by atoms with van der Waals surface area (Å²) in [4.78, 5) is 10.7. The topological polar surface area (TPSA) is 59.4 Å². The molecule has 5 nitrogen and oxygen atoms in total. The van der Waals surface area contributed by atoms with Gasteiger partial charge in [0, 0.05) is 12.6 Å². The standard InChI is InChI=1S/C12H17N5/c1-2-5-16-11(7-15-12(16)13)10-6-14-8-17(10)9-3-4-9/h2,6,8-9,11H,1,3-5,7H2,(H2,13,15). The van der Waals surface area contributed by atoms with Gasteiger partial charge in [-0.3, -0.25) is 4.99 Å². The molecule has 2 heterocycles. The van der Waals surface area contributed by atoms with Crippen molar-refractivity contribution in [1.29, 1.82) is 0 Å². The van der Waals surface area contributed by atoms with Crippen LogP contribution in [-0.4, -0.2) is 33.5 Å². The molecule has 1 fully saturated rings. The molecule has 0 bridgehead atoms. The van der Waals surface area contributed by atoms with Crippen molar-refractivity contribution in [2.24, 2.45) is 10.7 Å². The number of aromatic nitrogens is 2. The lowest BCUT2D eigenvalue weighted by Gasteiger charge is -2.25. The Balaban J connectivity index is 1.87. The number of hydrogen-bond donors (Lipinski definition) is 1. The maximum atomic E-state index is 5.90. The quantitative estimate of drug-likeness (QED) is 0.789. The zero-order chi connectivity index (χ0) is 11.8. The fourth-order valence-electron chi connectivity index (χ4n) is 2.37. The summed E-state index contributed by atoms with van der Waals surface area (Å²) in [5.41, 5.74) is 7.12. The molecule has 0 spiro atoms. The number of guanidine groups is 1. The molecular weight excluding hydrogens is 214 g/mol. The second-order valence-electron chi connectivity index (χ2n) is 4.61. The van der Waals surface area contributed by atoms with Crippen molar-refractivity contribution < 1.29 is 0 Å². The second kappa shape index (κ2) is 3.91. The van der Waals surface area contributed by atoms with E-state index in [4.69, 9.17) is 5.73 Å².